The summed E-state index contributed by atoms with van der Waals surface area (Å²) >= 11 is 5.72. The summed E-state index contributed by atoms with van der Waals surface area (Å²) in [6.07, 6.45) is 0. The van der Waals surface area contributed by atoms with Gasteiger partial charge >= 0.3 is 5.97 Å². The molecule has 1 aromatic rings. The highest BCUT2D eigenvalue weighted by Gasteiger charge is 2.14. The third-order valence-corrected chi connectivity index (χ3v) is 2.20. The second kappa shape index (κ2) is 5.58. The van der Waals surface area contributed by atoms with Gasteiger partial charge in [0, 0.05) is 13.2 Å². The normalized spacial score (nSPS) is 10.1. The molecule has 0 aliphatic carbocycles. The topological polar surface area (TPSA) is 81.8 Å². The maximum atomic E-state index is 10.9. The molecule has 0 saturated carbocycles. The number of ether oxygens (including phenoxy) is 2. The molecule has 1 rings (SSSR count). The van der Waals surface area contributed by atoms with Gasteiger partial charge in [-0.3, -0.25) is 0 Å². The van der Waals surface area contributed by atoms with E-state index < -0.39 is 5.97 Å². The number of hydrogen-bond donors (Lipinski definition) is 2. The number of hydrogen-bond acceptors (Lipinski definition) is 4. The number of carboxylic acids is 1. The predicted molar refractivity (Wildman–Crippen MR) is 60.2 cm³/mol. The number of nitrogen functional groups attached to an aromatic ring is 1. The zero-order chi connectivity index (χ0) is 12.1. The first-order chi connectivity index (χ1) is 7.56. The van der Waals surface area contributed by atoms with Crippen LogP contribution in [0, 0.1) is 0 Å². The van der Waals surface area contributed by atoms with Crippen LogP contribution in [0.4, 0.5) is 5.69 Å². The van der Waals surface area contributed by atoms with E-state index in [4.69, 9.17) is 31.9 Å². The van der Waals surface area contributed by atoms with Gasteiger partial charge in [-0.15, -0.1) is 0 Å². The van der Waals surface area contributed by atoms with Crippen molar-refractivity contribution in [3.63, 3.8) is 0 Å². The van der Waals surface area contributed by atoms with Crippen LogP contribution < -0.4 is 10.5 Å². The number of halogens is 1. The molecule has 3 N–H and O–H groups in total. The van der Waals surface area contributed by atoms with Crippen molar-refractivity contribution >= 4 is 23.3 Å². The monoisotopic (exact) mass is 245 g/mol. The fourth-order valence-electron chi connectivity index (χ4n) is 1.09. The molecule has 0 saturated heterocycles. The fraction of sp³-hybridized carbons (Fsp3) is 0.300. The highest BCUT2D eigenvalue weighted by Crippen LogP contribution is 2.28. The molecule has 0 unspecified atom stereocenters. The molecule has 0 bridgehead atoms. The lowest BCUT2D eigenvalue weighted by Crippen LogP contribution is -2.09. The number of methoxy groups -OCH3 is 1. The lowest BCUT2D eigenvalue weighted by Gasteiger charge is -2.10. The molecule has 16 heavy (non-hydrogen) atoms. The maximum absolute atomic E-state index is 10.9. The molecule has 0 aliphatic heterocycles. The average molecular weight is 246 g/mol. The number of aromatic carboxylic acids is 1. The van der Waals surface area contributed by atoms with Gasteiger partial charge in [0.2, 0.25) is 0 Å². The second-order valence-corrected chi connectivity index (χ2v) is 3.42. The molecule has 6 heteroatoms. The van der Waals surface area contributed by atoms with Crippen molar-refractivity contribution in [3.8, 4) is 5.75 Å². The van der Waals surface area contributed by atoms with Crippen LogP contribution in [0.2, 0.25) is 5.02 Å². The quantitative estimate of drug-likeness (QED) is 0.609. The van der Waals surface area contributed by atoms with Crippen LogP contribution in [-0.2, 0) is 4.74 Å². The van der Waals surface area contributed by atoms with E-state index in [1.54, 1.807) is 0 Å². The van der Waals surface area contributed by atoms with E-state index in [1.165, 1.54) is 19.2 Å². The smallest absolute Gasteiger partial charge is 0.339 e. The van der Waals surface area contributed by atoms with E-state index in [0.717, 1.165) is 0 Å². The molecular weight excluding hydrogens is 234 g/mol. The van der Waals surface area contributed by atoms with Gasteiger partial charge in [0.05, 0.1) is 17.3 Å². The average Bonchev–Trinajstić information content (AvgIpc) is 2.23. The Morgan fingerprint density at radius 1 is 1.50 bits per heavy atom. The SMILES string of the molecule is COCCOc1cc(N)c(Cl)cc1C(=O)O. The first kappa shape index (κ1) is 12.6. The molecular formula is C10H12ClNO4. The van der Waals surface area contributed by atoms with Crippen LogP contribution in [0.5, 0.6) is 5.75 Å². The van der Waals surface area contributed by atoms with Gasteiger partial charge < -0.3 is 20.3 Å². The van der Waals surface area contributed by atoms with Crippen molar-refractivity contribution in [3.05, 3.63) is 22.7 Å². The Labute approximate surface area is 97.7 Å². The van der Waals surface area contributed by atoms with E-state index in [-0.39, 0.29) is 28.6 Å². The van der Waals surface area contributed by atoms with Gasteiger partial charge in [0.25, 0.3) is 0 Å². The molecule has 0 aromatic heterocycles. The summed E-state index contributed by atoms with van der Waals surface area (Å²) in [5, 5.41) is 9.12. The van der Waals surface area contributed by atoms with E-state index in [0.29, 0.717) is 6.61 Å². The van der Waals surface area contributed by atoms with Crippen LogP contribution in [0.25, 0.3) is 0 Å². The minimum atomic E-state index is -1.12. The van der Waals surface area contributed by atoms with Gasteiger partial charge in [-0.05, 0) is 6.07 Å². The molecule has 88 valence electrons. The molecule has 1 aromatic carbocycles. The number of anilines is 1. The highest BCUT2D eigenvalue weighted by molar-refractivity contribution is 6.33. The van der Waals surface area contributed by atoms with E-state index in [9.17, 15) is 4.79 Å². The third-order valence-electron chi connectivity index (χ3n) is 1.87. The van der Waals surface area contributed by atoms with Gasteiger partial charge in [-0.1, -0.05) is 11.6 Å². The summed E-state index contributed by atoms with van der Waals surface area (Å²) in [6.45, 7) is 0.611. The second-order valence-electron chi connectivity index (χ2n) is 3.02. The van der Waals surface area contributed by atoms with Gasteiger partial charge in [0.15, 0.2) is 0 Å². The van der Waals surface area contributed by atoms with Crippen molar-refractivity contribution in [1.82, 2.24) is 0 Å². The Bertz CT molecular complexity index is 395. The van der Waals surface area contributed by atoms with Crippen LogP contribution >= 0.6 is 11.6 Å². The van der Waals surface area contributed by atoms with Gasteiger partial charge in [-0.2, -0.15) is 0 Å². The predicted octanol–water partition coefficient (Wildman–Crippen LogP) is 1.65. The van der Waals surface area contributed by atoms with E-state index >= 15 is 0 Å². The van der Waals surface area contributed by atoms with Crippen molar-refractivity contribution in [1.29, 1.82) is 0 Å². The van der Waals surface area contributed by atoms with Crippen molar-refractivity contribution in [2.24, 2.45) is 0 Å². The number of rotatable bonds is 5. The number of carboxylic acid groups (broad SMARTS) is 1. The van der Waals surface area contributed by atoms with Crippen LogP contribution in [0.15, 0.2) is 12.1 Å². The van der Waals surface area contributed by atoms with Crippen LogP contribution in [0.3, 0.4) is 0 Å². The molecule has 0 aliphatic rings. The minimum Gasteiger partial charge on any atom is -0.490 e. The zero-order valence-corrected chi connectivity index (χ0v) is 9.45. The summed E-state index contributed by atoms with van der Waals surface area (Å²) in [6, 6.07) is 2.66. The van der Waals surface area contributed by atoms with Gasteiger partial charge in [0.1, 0.15) is 17.9 Å². The Morgan fingerprint density at radius 2 is 2.19 bits per heavy atom. The summed E-state index contributed by atoms with van der Waals surface area (Å²) in [7, 11) is 1.53. The summed E-state index contributed by atoms with van der Waals surface area (Å²) in [4.78, 5) is 10.9. The van der Waals surface area contributed by atoms with E-state index in [2.05, 4.69) is 0 Å². The van der Waals surface area contributed by atoms with Crippen molar-refractivity contribution in [2.45, 2.75) is 0 Å². The summed E-state index contributed by atoms with van der Waals surface area (Å²) < 4.78 is 10.0. The standard InChI is InChI=1S/C10H12ClNO4/c1-15-2-3-16-9-5-8(12)7(11)4-6(9)10(13)14/h4-5H,2-3,12H2,1H3,(H,13,14). The van der Waals surface area contributed by atoms with Crippen LogP contribution in [0.1, 0.15) is 10.4 Å². The lowest BCUT2D eigenvalue weighted by molar-refractivity contribution is 0.0689. The largest absolute Gasteiger partial charge is 0.490 e. The lowest BCUT2D eigenvalue weighted by atomic mass is 10.2. The van der Waals surface area contributed by atoms with E-state index in [1.807, 2.05) is 0 Å². The Balaban J connectivity index is 2.95. The fourth-order valence-corrected chi connectivity index (χ4v) is 1.25. The number of carbonyl (C=O) groups is 1. The third kappa shape index (κ3) is 3.01. The molecule has 0 atom stereocenters. The summed E-state index contributed by atoms with van der Waals surface area (Å²) in [5.74, 6) is -0.930. The molecule has 0 spiro atoms. The number of benzene rings is 1. The number of nitrogens with two attached hydrogens (primary N) is 1. The molecule has 5 nitrogen and oxygen atoms in total. The maximum Gasteiger partial charge on any atom is 0.339 e. The molecule has 0 fully saturated rings. The minimum absolute atomic E-state index is 0.0182. The molecule has 0 radical (unpaired) electrons. The van der Waals surface area contributed by atoms with Crippen molar-refractivity contribution < 1.29 is 19.4 Å². The zero-order valence-electron chi connectivity index (χ0n) is 8.70. The first-order valence-corrected chi connectivity index (χ1v) is 4.88. The summed E-state index contributed by atoms with van der Waals surface area (Å²) in [5.41, 5.74) is 5.82. The van der Waals surface area contributed by atoms with Gasteiger partial charge in [-0.25, -0.2) is 4.79 Å². The highest BCUT2D eigenvalue weighted by atomic mass is 35.5. The Morgan fingerprint density at radius 3 is 2.75 bits per heavy atom. The van der Waals surface area contributed by atoms with Crippen LogP contribution in [-0.4, -0.2) is 31.4 Å². The first-order valence-electron chi connectivity index (χ1n) is 4.50. The Hall–Kier alpha value is -1.46. The molecule has 0 heterocycles. The Kier molecular flexibility index (Phi) is 4.39. The van der Waals surface area contributed by atoms with Crippen molar-refractivity contribution in [2.75, 3.05) is 26.1 Å². The molecule has 0 amide bonds.